The Morgan fingerprint density at radius 2 is 1.88 bits per heavy atom. The monoisotopic (exact) mass is 376 g/mol. The third-order valence-corrected chi connectivity index (χ3v) is 5.38. The molecule has 0 bridgehead atoms. The second-order valence-corrected chi connectivity index (χ2v) is 6.30. The summed E-state index contributed by atoms with van der Waals surface area (Å²) in [7, 11) is 0. The maximum atomic E-state index is 12.9. The molecule has 17 heavy (non-hydrogen) atoms. The van der Waals surface area contributed by atoms with Crippen molar-refractivity contribution in [2.45, 2.75) is 12.3 Å². The van der Waals surface area contributed by atoms with E-state index >= 15 is 0 Å². The molecule has 0 aliphatic carbocycles. The van der Waals surface area contributed by atoms with Crippen molar-refractivity contribution in [1.29, 1.82) is 0 Å². The van der Waals surface area contributed by atoms with Crippen LogP contribution in [0, 0.1) is 5.82 Å². The van der Waals surface area contributed by atoms with Crippen molar-refractivity contribution in [3.63, 3.8) is 0 Å². The van der Waals surface area contributed by atoms with Crippen LogP contribution in [0.25, 0.3) is 0 Å². The summed E-state index contributed by atoms with van der Waals surface area (Å²) in [6, 6.07) is 8.84. The lowest BCUT2D eigenvalue weighted by Crippen LogP contribution is -2.03. The van der Waals surface area contributed by atoms with Crippen LogP contribution >= 0.6 is 43.2 Å². The molecule has 0 spiro atoms. The predicted octanol–water partition coefficient (Wildman–Crippen LogP) is 5.37. The van der Waals surface area contributed by atoms with Gasteiger partial charge in [-0.25, -0.2) is 4.39 Å². The fraction of sp³-hybridized carbons (Fsp3) is 0.231. The lowest BCUT2D eigenvalue weighted by atomic mass is 9.97. The van der Waals surface area contributed by atoms with Crippen molar-refractivity contribution < 1.29 is 4.39 Å². The van der Waals surface area contributed by atoms with Crippen LogP contribution in [0.2, 0.25) is 0 Å². The smallest absolute Gasteiger partial charge is 0.123 e. The number of benzene rings is 1. The van der Waals surface area contributed by atoms with Crippen molar-refractivity contribution in [1.82, 2.24) is 0 Å². The van der Waals surface area contributed by atoms with Gasteiger partial charge < -0.3 is 0 Å². The molecule has 1 aromatic heterocycles. The molecule has 4 heteroatoms. The van der Waals surface area contributed by atoms with E-state index in [0.717, 1.165) is 16.2 Å². The molecule has 0 saturated heterocycles. The quantitative estimate of drug-likeness (QED) is 0.628. The Balaban J connectivity index is 2.17. The molecule has 1 heterocycles. The maximum absolute atomic E-state index is 12.9. The SMILES string of the molecule is Fc1ccc(C(CBr)Cc2sccc2Br)cc1. The summed E-state index contributed by atoms with van der Waals surface area (Å²) in [6.07, 6.45) is 0.967. The van der Waals surface area contributed by atoms with E-state index in [9.17, 15) is 4.39 Å². The Kier molecular flexibility index (Phi) is 4.77. The van der Waals surface area contributed by atoms with Gasteiger partial charge in [0.1, 0.15) is 5.82 Å². The van der Waals surface area contributed by atoms with E-state index in [1.54, 1.807) is 11.3 Å². The summed E-state index contributed by atoms with van der Waals surface area (Å²) in [5.74, 6) is 0.199. The average molecular weight is 378 g/mol. The maximum Gasteiger partial charge on any atom is 0.123 e. The van der Waals surface area contributed by atoms with Gasteiger partial charge in [0.2, 0.25) is 0 Å². The van der Waals surface area contributed by atoms with Crippen LogP contribution in [-0.4, -0.2) is 5.33 Å². The van der Waals surface area contributed by atoms with Crippen LogP contribution in [0.1, 0.15) is 16.4 Å². The highest BCUT2D eigenvalue weighted by molar-refractivity contribution is 9.10. The Morgan fingerprint density at radius 1 is 1.18 bits per heavy atom. The van der Waals surface area contributed by atoms with Gasteiger partial charge in [0, 0.05) is 14.7 Å². The van der Waals surface area contributed by atoms with Gasteiger partial charge in [-0.3, -0.25) is 0 Å². The van der Waals surface area contributed by atoms with Gasteiger partial charge in [0.15, 0.2) is 0 Å². The largest absolute Gasteiger partial charge is 0.207 e. The summed E-state index contributed by atoms with van der Waals surface area (Å²) in [5.41, 5.74) is 1.17. The van der Waals surface area contributed by atoms with E-state index in [1.165, 1.54) is 22.6 Å². The van der Waals surface area contributed by atoms with E-state index < -0.39 is 0 Å². The fourth-order valence-electron chi connectivity index (χ4n) is 1.69. The minimum absolute atomic E-state index is 0.181. The zero-order chi connectivity index (χ0) is 12.3. The Bertz CT molecular complexity index is 478. The third kappa shape index (κ3) is 3.39. The van der Waals surface area contributed by atoms with Gasteiger partial charge in [-0.2, -0.15) is 0 Å². The molecule has 0 fully saturated rings. The molecular weight excluding hydrogens is 367 g/mol. The minimum Gasteiger partial charge on any atom is -0.207 e. The Hall–Kier alpha value is -0.190. The number of halogens is 3. The van der Waals surface area contributed by atoms with E-state index in [1.807, 2.05) is 12.1 Å². The molecule has 0 aliphatic heterocycles. The normalized spacial score (nSPS) is 12.6. The minimum atomic E-state index is -0.181. The average Bonchev–Trinajstić information content (AvgIpc) is 2.73. The molecule has 0 radical (unpaired) electrons. The van der Waals surface area contributed by atoms with Gasteiger partial charge in [-0.15, -0.1) is 11.3 Å². The number of alkyl halides is 1. The van der Waals surface area contributed by atoms with Crippen molar-refractivity contribution >= 4 is 43.2 Å². The summed E-state index contributed by atoms with van der Waals surface area (Å²) in [5, 5.41) is 2.96. The second-order valence-electron chi connectivity index (χ2n) is 3.80. The third-order valence-electron chi connectivity index (χ3n) is 2.65. The Morgan fingerprint density at radius 3 is 2.41 bits per heavy atom. The summed E-state index contributed by atoms with van der Waals surface area (Å²) < 4.78 is 14.0. The van der Waals surface area contributed by atoms with Gasteiger partial charge in [0.25, 0.3) is 0 Å². The molecule has 1 aromatic carbocycles. The van der Waals surface area contributed by atoms with Crippen LogP contribution in [-0.2, 0) is 6.42 Å². The molecule has 0 nitrogen and oxygen atoms in total. The molecule has 1 atom stereocenters. The highest BCUT2D eigenvalue weighted by Gasteiger charge is 2.13. The number of hydrogen-bond acceptors (Lipinski definition) is 1. The zero-order valence-corrected chi connectivity index (χ0v) is 13.0. The number of thiophene rings is 1. The molecule has 1 unspecified atom stereocenters. The van der Waals surface area contributed by atoms with Gasteiger partial charge in [-0.05, 0) is 57.4 Å². The van der Waals surface area contributed by atoms with Gasteiger partial charge >= 0.3 is 0 Å². The molecule has 0 saturated carbocycles. The predicted molar refractivity (Wildman–Crippen MR) is 78.7 cm³/mol. The Labute approximate surface area is 121 Å². The van der Waals surface area contributed by atoms with E-state index in [2.05, 4.69) is 43.3 Å². The zero-order valence-electron chi connectivity index (χ0n) is 9.00. The number of rotatable bonds is 4. The first-order valence-corrected chi connectivity index (χ1v) is 8.03. The van der Waals surface area contributed by atoms with Crippen molar-refractivity contribution in [2.75, 3.05) is 5.33 Å². The fourth-order valence-corrected chi connectivity index (χ4v) is 3.89. The topological polar surface area (TPSA) is 0 Å². The van der Waals surface area contributed by atoms with Gasteiger partial charge in [-0.1, -0.05) is 28.1 Å². The lowest BCUT2D eigenvalue weighted by Gasteiger charge is -2.13. The van der Waals surface area contributed by atoms with Crippen LogP contribution < -0.4 is 0 Å². The highest BCUT2D eigenvalue weighted by Crippen LogP contribution is 2.30. The van der Waals surface area contributed by atoms with Crippen LogP contribution in [0.4, 0.5) is 4.39 Å². The number of hydrogen-bond donors (Lipinski definition) is 0. The van der Waals surface area contributed by atoms with E-state index in [0.29, 0.717) is 5.92 Å². The molecule has 0 amide bonds. The summed E-state index contributed by atoms with van der Waals surface area (Å²) in [6.45, 7) is 0. The molecule has 0 aliphatic rings. The van der Waals surface area contributed by atoms with Crippen molar-refractivity contribution in [3.05, 3.63) is 56.4 Å². The van der Waals surface area contributed by atoms with E-state index in [4.69, 9.17) is 0 Å². The van der Waals surface area contributed by atoms with E-state index in [-0.39, 0.29) is 5.82 Å². The second kappa shape index (κ2) is 6.12. The first-order valence-electron chi connectivity index (χ1n) is 5.24. The highest BCUT2D eigenvalue weighted by atomic mass is 79.9. The van der Waals surface area contributed by atoms with Crippen LogP contribution in [0.15, 0.2) is 40.2 Å². The standard InChI is InChI=1S/C13H11Br2FS/c14-8-10(7-13-12(15)5-6-17-13)9-1-3-11(16)4-2-9/h1-6,10H,7-8H2. The van der Waals surface area contributed by atoms with Crippen LogP contribution in [0.3, 0.4) is 0 Å². The summed E-state index contributed by atoms with van der Waals surface area (Å²) >= 11 is 8.83. The first-order chi connectivity index (χ1) is 8.20. The summed E-state index contributed by atoms with van der Waals surface area (Å²) in [4.78, 5) is 1.33. The van der Waals surface area contributed by atoms with Gasteiger partial charge in [0.05, 0.1) is 0 Å². The van der Waals surface area contributed by atoms with Crippen molar-refractivity contribution in [3.8, 4) is 0 Å². The lowest BCUT2D eigenvalue weighted by molar-refractivity contribution is 0.625. The molecule has 0 N–H and O–H groups in total. The first kappa shape index (κ1) is 13.2. The molecular formula is C13H11Br2FS. The molecule has 90 valence electrons. The molecule has 2 aromatic rings. The van der Waals surface area contributed by atoms with Crippen LogP contribution in [0.5, 0.6) is 0 Å². The molecule has 2 rings (SSSR count). The van der Waals surface area contributed by atoms with Crippen molar-refractivity contribution in [2.24, 2.45) is 0 Å².